The van der Waals surface area contributed by atoms with Gasteiger partial charge in [0, 0.05) is 70.6 Å². The van der Waals surface area contributed by atoms with Crippen LogP contribution in [-0.4, -0.2) is 61.2 Å². The van der Waals surface area contributed by atoms with Crippen molar-refractivity contribution in [3.8, 4) is 0 Å². The molecule has 0 saturated carbocycles. The standard InChI is InChI=1S/C27H23ClF3N7O4S3/c1-44(39,40)18-5-3-16(4-6-18)35-45(41,42)36-17-13-22-23(21-8-10-38(34-21)27(30)31)24(19-7-2-15(29)12-20(19)28)33-25(37(22)14-17)26-32-9-11-43-26/h2-12,17,24,27,35-36H,13-14H2,1H3/t17-,24-/m0/s1. The van der Waals surface area contributed by atoms with Gasteiger partial charge in [0.15, 0.2) is 20.7 Å². The average Bonchev–Trinajstić information content (AvgIpc) is 3.73. The molecular weight excluding hydrogens is 675 g/mol. The third-order valence-corrected chi connectivity index (χ3v) is 10.5. The summed E-state index contributed by atoms with van der Waals surface area (Å²) in [4.78, 5) is 11.1. The van der Waals surface area contributed by atoms with Crippen LogP contribution in [0.3, 0.4) is 0 Å². The van der Waals surface area contributed by atoms with Gasteiger partial charge in [-0.05, 0) is 42.5 Å². The fourth-order valence-electron chi connectivity index (χ4n) is 5.21. The quantitative estimate of drug-likeness (QED) is 0.255. The molecule has 1 fully saturated rings. The van der Waals surface area contributed by atoms with Gasteiger partial charge in [-0.1, -0.05) is 17.7 Å². The van der Waals surface area contributed by atoms with Crippen LogP contribution in [0, 0.1) is 5.82 Å². The summed E-state index contributed by atoms with van der Waals surface area (Å²) in [5.74, 6) is -0.177. The van der Waals surface area contributed by atoms with E-state index in [-0.39, 0.29) is 34.3 Å². The van der Waals surface area contributed by atoms with Crippen LogP contribution in [0.15, 0.2) is 81.9 Å². The molecule has 0 bridgehead atoms. The smallest absolute Gasteiger partial charge is 0.326 e. The number of hydrogen-bond donors (Lipinski definition) is 2. The SMILES string of the molecule is CS(=O)(=O)c1ccc(NS(=O)(=O)N[C@H]2CC3=C(c4ccn(C(F)F)n4)[C@H](c4ccc(F)cc4Cl)N=C(c4nccs4)N3C2)cc1. The van der Waals surface area contributed by atoms with Gasteiger partial charge in [0.25, 0.3) is 10.2 Å². The minimum atomic E-state index is -4.18. The molecule has 11 nitrogen and oxygen atoms in total. The Kier molecular flexibility index (Phi) is 8.23. The number of thiazole rings is 1. The molecule has 18 heteroatoms. The number of aromatic nitrogens is 3. The van der Waals surface area contributed by atoms with Crippen molar-refractivity contribution in [3.63, 3.8) is 0 Å². The van der Waals surface area contributed by atoms with E-state index in [1.807, 2.05) is 0 Å². The third-order valence-electron chi connectivity index (χ3n) is 7.08. The van der Waals surface area contributed by atoms with E-state index >= 15 is 0 Å². The van der Waals surface area contributed by atoms with Crippen molar-refractivity contribution in [1.29, 1.82) is 0 Å². The van der Waals surface area contributed by atoms with Gasteiger partial charge in [-0.3, -0.25) is 9.71 Å². The summed E-state index contributed by atoms with van der Waals surface area (Å²) in [5.41, 5.74) is 1.64. The Bertz CT molecular complexity index is 2030. The summed E-state index contributed by atoms with van der Waals surface area (Å²) in [7, 11) is -7.65. The van der Waals surface area contributed by atoms with Crippen molar-refractivity contribution < 1.29 is 30.0 Å². The van der Waals surface area contributed by atoms with Gasteiger partial charge in [0.2, 0.25) is 0 Å². The van der Waals surface area contributed by atoms with E-state index in [0.717, 1.165) is 18.5 Å². The van der Waals surface area contributed by atoms with Crippen LogP contribution in [0.4, 0.5) is 18.9 Å². The maximum atomic E-state index is 14.0. The molecule has 2 aliphatic heterocycles. The van der Waals surface area contributed by atoms with Crippen LogP contribution in [0.25, 0.3) is 5.57 Å². The summed E-state index contributed by atoms with van der Waals surface area (Å²) in [6.07, 6.45) is 3.85. The fourth-order valence-corrected chi connectivity index (χ4v) is 7.85. The maximum absolute atomic E-state index is 14.0. The minimum Gasteiger partial charge on any atom is -0.326 e. The zero-order valence-electron chi connectivity index (χ0n) is 23.1. The van der Waals surface area contributed by atoms with Gasteiger partial charge in [-0.15, -0.1) is 11.3 Å². The van der Waals surface area contributed by atoms with Crippen molar-refractivity contribution >= 4 is 60.1 Å². The lowest BCUT2D eigenvalue weighted by molar-refractivity contribution is 0.0564. The highest BCUT2D eigenvalue weighted by molar-refractivity contribution is 7.91. The number of nitrogens with zero attached hydrogens (tertiary/aromatic N) is 5. The Morgan fingerprint density at radius 2 is 1.84 bits per heavy atom. The zero-order valence-corrected chi connectivity index (χ0v) is 26.3. The lowest BCUT2D eigenvalue weighted by Gasteiger charge is -2.32. The van der Waals surface area contributed by atoms with Gasteiger partial charge in [0.05, 0.1) is 10.6 Å². The molecule has 236 valence electrons. The van der Waals surface area contributed by atoms with E-state index in [2.05, 4.69) is 19.5 Å². The van der Waals surface area contributed by atoms with Crippen LogP contribution >= 0.6 is 22.9 Å². The topological polar surface area (TPSA) is 139 Å². The fraction of sp³-hybridized carbons (Fsp3) is 0.222. The van der Waals surface area contributed by atoms with Gasteiger partial charge >= 0.3 is 6.55 Å². The molecule has 0 amide bonds. The van der Waals surface area contributed by atoms with Crippen molar-refractivity contribution in [2.45, 2.75) is 29.9 Å². The van der Waals surface area contributed by atoms with Crippen LogP contribution in [0.5, 0.6) is 0 Å². The molecule has 4 heterocycles. The first-order valence-corrected chi connectivity index (χ1v) is 17.8. The van der Waals surface area contributed by atoms with Gasteiger partial charge < -0.3 is 4.90 Å². The molecule has 0 radical (unpaired) electrons. The number of alkyl halides is 2. The van der Waals surface area contributed by atoms with Gasteiger partial charge in [0.1, 0.15) is 11.9 Å². The first-order chi connectivity index (χ1) is 21.3. The first-order valence-electron chi connectivity index (χ1n) is 13.2. The molecule has 0 unspecified atom stereocenters. The molecule has 0 spiro atoms. The highest BCUT2D eigenvalue weighted by Gasteiger charge is 2.42. The number of rotatable bonds is 9. The van der Waals surface area contributed by atoms with Crippen molar-refractivity contribution in [2.75, 3.05) is 17.5 Å². The number of anilines is 1. The molecule has 4 aromatic rings. The number of sulfone groups is 1. The Balaban J connectivity index is 1.40. The van der Waals surface area contributed by atoms with E-state index in [0.29, 0.717) is 32.4 Å². The molecular formula is C27H23ClF3N7O4S3. The number of fused-ring (bicyclic) bond motifs is 1. The maximum Gasteiger partial charge on any atom is 0.333 e. The lowest BCUT2D eigenvalue weighted by atomic mass is 9.92. The first kappa shape index (κ1) is 31.2. The highest BCUT2D eigenvalue weighted by Crippen LogP contribution is 2.46. The molecule has 1 saturated heterocycles. The molecule has 6 rings (SSSR count). The van der Waals surface area contributed by atoms with Crippen LogP contribution in [0.2, 0.25) is 5.02 Å². The highest BCUT2D eigenvalue weighted by atomic mass is 35.5. The summed E-state index contributed by atoms with van der Waals surface area (Å²) in [5, 5.41) is 6.39. The molecule has 2 aromatic heterocycles. The van der Waals surface area contributed by atoms with Crippen molar-refractivity contribution in [3.05, 3.63) is 99.1 Å². The molecule has 2 aliphatic rings. The number of amidine groups is 1. The Hall–Kier alpha value is -3.77. The second-order valence-electron chi connectivity index (χ2n) is 10.2. The Morgan fingerprint density at radius 3 is 2.47 bits per heavy atom. The number of nitrogens with one attached hydrogen (secondary N) is 2. The number of halogens is 4. The molecule has 2 aromatic carbocycles. The Labute approximate surface area is 265 Å². The van der Waals surface area contributed by atoms with E-state index in [1.165, 1.54) is 53.8 Å². The third kappa shape index (κ3) is 6.48. The average molecular weight is 698 g/mol. The normalized spacial score (nSPS) is 18.8. The number of hydrogen-bond acceptors (Lipinski definition) is 9. The summed E-state index contributed by atoms with van der Waals surface area (Å²) >= 11 is 7.77. The van der Waals surface area contributed by atoms with Crippen molar-refractivity contribution in [1.82, 2.24) is 24.4 Å². The summed E-state index contributed by atoms with van der Waals surface area (Å²) in [6, 6.07) is 8.80. The lowest BCUT2D eigenvalue weighted by Crippen LogP contribution is -2.41. The predicted octanol–water partition coefficient (Wildman–Crippen LogP) is 4.86. The molecule has 2 atom stereocenters. The largest absolute Gasteiger partial charge is 0.333 e. The van der Waals surface area contributed by atoms with Crippen LogP contribution in [-0.2, 0) is 20.0 Å². The van der Waals surface area contributed by atoms with E-state index in [4.69, 9.17) is 16.6 Å². The molecule has 0 aliphatic carbocycles. The number of aliphatic imine (C=N–C) groups is 1. The van der Waals surface area contributed by atoms with Crippen LogP contribution < -0.4 is 9.44 Å². The van der Waals surface area contributed by atoms with Crippen LogP contribution in [0.1, 0.15) is 35.3 Å². The van der Waals surface area contributed by atoms with E-state index < -0.39 is 44.5 Å². The monoisotopic (exact) mass is 697 g/mol. The van der Waals surface area contributed by atoms with E-state index in [9.17, 15) is 30.0 Å². The van der Waals surface area contributed by atoms with Gasteiger partial charge in [-0.25, -0.2) is 22.5 Å². The zero-order chi connectivity index (χ0) is 32.1. The Morgan fingerprint density at radius 1 is 1.09 bits per heavy atom. The van der Waals surface area contributed by atoms with Crippen molar-refractivity contribution in [2.24, 2.45) is 4.99 Å². The van der Waals surface area contributed by atoms with E-state index in [1.54, 1.807) is 16.5 Å². The summed E-state index contributed by atoms with van der Waals surface area (Å²) in [6.45, 7) is -2.81. The number of benzene rings is 2. The second kappa shape index (κ2) is 11.9. The molecule has 2 N–H and O–H groups in total. The minimum absolute atomic E-state index is 0.0321. The second-order valence-corrected chi connectivity index (χ2v) is 15.0. The molecule has 45 heavy (non-hydrogen) atoms. The predicted molar refractivity (Wildman–Crippen MR) is 164 cm³/mol. The summed E-state index contributed by atoms with van der Waals surface area (Å²) < 4.78 is 96.5. The van der Waals surface area contributed by atoms with Gasteiger partial charge in [-0.2, -0.15) is 27.0 Å².